The molecule has 0 spiro atoms. The fraction of sp³-hybridized carbons (Fsp3) is 0.400. The lowest BCUT2D eigenvalue weighted by Crippen LogP contribution is -2.39. The number of alkyl halides is 3. The van der Waals surface area contributed by atoms with Gasteiger partial charge in [-0.15, -0.1) is 0 Å². The summed E-state index contributed by atoms with van der Waals surface area (Å²) in [7, 11) is 0. The minimum absolute atomic E-state index is 0.0744. The van der Waals surface area contributed by atoms with Crippen LogP contribution in [0.3, 0.4) is 0 Å². The third-order valence-electron chi connectivity index (χ3n) is 3.25. The molecule has 120 valence electrons. The zero-order chi connectivity index (χ0) is 16.3. The zero-order valence-electron chi connectivity index (χ0n) is 12.0. The maximum Gasteiger partial charge on any atom is 0.406 e. The smallest absolute Gasteiger partial charge is 0.350 e. The summed E-state index contributed by atoms with van der Waals surface area (Å²) < 4.78 is 37.9. The van der Waals surface area contributed by atoms with E-state index in [0.717, 1.165) is 10.3 Å². The van der Waals surface area contributed by atoms with Gasteiger partial charge in [0.05, 0.1) is 0 Å². The molecule has 7 heteroatoms. The Balaban J connectivity index is 2.26. The number of H-pyrrole nitrogens is 1. The molecule has 22 heavy (non-hydrogen) atoms. The summed E-state index contributed by atoms with van der Waals surface area (Å²) in [6, 6.07) is 6.55. The largest absolute Gasteiger partial charge is 0.406 e. The average Bonchev–Trinajstić information content (AvgIpc) is 2.84. The Kier molecular flexibility index (Phi) is 5.01. The second kappa shape index (κ2) is 6.60. The number of aromatic amines is 1. The van der Waals surface area contributed by atoms with E-state index >= 15 is 0 Å². The molecule has 0 aliphatic carbocycles. The SMILES string of the molecule is CCCCN(CC(F)(F)F)C(=O)c1cc2ccc(Cl)cc2[nH]1. The van der Waals surface area contributed by atoms with Crippen LogP contribution in [0.15, 0.2) is 24.3 Å². The van der Waals surface area contributed by atoms with Crippen LogP contribution < -0.4 is 0 Å². The maximum absolute atomic E-state index is 12.6. The van der Waals surface area contributed by atoms with Crippen molar-refractivity contribution in [2.24, 2.45) is 0 Å². The molecule has 0 bridgehead atoms. The molecule has 1 heterocycles. The molecule has 0 saturated carbocycles. The van der Waals surface area contributed by atoms with Crippen LogP contribution in [0.1, 0.15) is 30.3 Å². The Morgan fingerprint density at radius 1 is 1.32 bits per heavy atom. The summed E-state index contributed by atoms with van der Waals surface area (Å²) in [5.41, 5.74) is 0.760. The van der Waals surface area contributed by atoms with Gasteiger partial charge in [0.25, 0.3) is 5.91 Å². The van der Waals surface area contributed by atoms with E-state index in [0.29, 0.717) is 23.4 Å². The molecular weight excluding hydrogens is 317 g/mol. The van der Waals surface area contributed by atoms with Crippen molar-refractivity contribution in [2.75, 3.05) is 13.1 Å². The molecule has 1 aromatic heterocycles. The number of unbranched alkanes of at least 4 members (excludes halogenated alkanes) is 1. The highest BCUT2D eigenvalue weighted by Gasteiger charge is 2.33. The summed E-state index contributed by atoms with van der Waals surface area (Å²) in [5, 5.41) is 1.22. The first-order valence-corrected chi connectivity index (χ1v) is 7.32. The number of aromatic nitrogens is 1. The molecule has 3 nitrogen and oxygen atoms in total. The molecule has 2 aromatic rings. The number of rotatable bonds is 5. The highest BCUT2D eigenvalue weighted by molar-refractivity contribution is 6.31. The van der Waals surface area contributed by atoms with Gasteiger partial charge in [-0.2, -0.15) is 13.2 Å². The monoisotopic (exact) mass is 332 g/mol. The minimum atomic E-state index is -4.42. The van der Waals surface area contributed by atoms with E-state index in [1.807, 2.05) is 6.92 Å². The molecule has 0 atom stereocenters. The van der Waals surface area contributed by atoms with Crippen molar-refractivity contribution in [3.63, 3.8) is 0 Å². The number of halogens is 4. The van der Waals surface area contributed by atoms with Gasteiger partial charge in [0, 0.05) is 22.5 Å². The predicted molar refractivity (Wildman–Crippen MR) is 80.2 cm³/mol. The van der Waals surface area contributed by atoms with Gasteiger partial charge in [-0.05, 0) is 24.6 Å². The Hall–Kier alpha value is -1.69. The molecule has 2 rings (SSSR count). The summed E-state index contributed by atoms with van der Waals surface area (Å²) in [4.78, 5) is 16.0. The van der Waals surface area contributed by atoms with Gasteiger partial charge >= 0.3 is 6.18 Å². The first-order chi connectivity index (χ1) is 10.3. The summed E-state index contributed by atoms with van der Waals surface area (Å²) in [6.45, 7) is 0.689. The van der Waals surface area contributed by atoms with E-state index in [2.05, 4.69) is 4.98 Å². The van der Waals surface area contributed by atoms with Crippen LogP contribution in [-0.4, -0.2) is 35.1 Å². The Bertz CT molecular complexity index is 666. The molecule has 0 radical (unpaired) electrons. The number of carbonyl (C=O) groups excluding carboxylic acids is 1. The highest BCUT2D eigenvalue weighted by atomic mass is 35.5. The molecule has 1 aromatic carbocycles. The number of nitrogens with one attached hydrogen (secondary N) is 1. The van der Waals surface area contributed by atoms with E-state index in [1.165, 1.54) is 0 Å². The number of carbonyl (C=O) groups is 1. The molecule has 1 amide bonds. The van der Waals surface area contributed by atoms with Gasteiger partial charge < -0.3 is 9.88 Å². The third-order valence-corrected chi connectivity index (χ3v) is 3.49. The molecule has 0 fully saturated rings. The van der Waals surface area contributed by atoms with Crippen LogP contribution in [0.25, 0.3) is 10.9 Å². The summed E-state index contributed by atoms with van der Waals surface area (Å²) in [6.07, 6.45) is -3.18. The molecular formula is C15H16ClF3N2O. The lowest BCUT2D eigenvalue weighted by molar-refractivity contribution is -0.140. The van der Waals surface area contributed by atoms with Crippen molar-refractivity contribution in [2.45, 2.75) is 25.9 Å². The topological polar surface area (TPSA) is 36.1 Å². The first-order valence-electron chi connectivity index (χ1n) is 6.94. The van der Waals surface area contributed by atoms with Crippen LogP contribution in [0.2, 0.25) is 5.02 Å². The van der Waals surface area contributed by atoms with Crippen LogP contribution >= 0.6 is 11.6 Å². The Labute approximate surface area is 131 Å². The lowest BCUT2D eigenvalue weighted by atomic mass is 10.2. The van der Waals surface area contributed by atoms with Crippen LogP contribution in [-0.2, 0) is 0 Å². The number of benzene rings is 1. The number of amides is 1. The predicted octanol–water partition coefficient (Wildman–Crippen LogP) is 4.63. The Morgan fingerprint density at radius 2 is 2.05 bits per heavy atom. The standard InChI is InChI=1S/C15H16ClF3N2O/c1-2-3-6-21(9-15(17,18)19)14(22)13-7-10-4-5-11(16)8-12(10)20-13/h4-5,7-8,20H,2-3,6,9H2,1H3. The fourth-order valence-corrected chi connectivity index (χ4v) is 2.37. The zero-order valence-corrected chi connectivity index (χ0v) is 12.8. The normalized spacial score (nSPS) is 11.9. The van der Waals surface area contributed by atoms with E-state index in [4.69, 9.17) is 11.6 Å². The second-order valence-electron chi connectivity index (χ2n) is 5.11. The van der Waals surface area contributed by atoms with Gasteiger partial charge in [-0.1, -0.05) is 31.0 Å². The van der Waals surface area contributed by atoms with Crippen molar-refractivity contribution in [1.82, 2.24) is 9.88 Å². The van der Waals surface area contributed by atoms with Gasteiger partial charge in [0.2, 0.25) is 0 Å². The van der Waals surface area contributed by atoms with Crippen LogP contribution in [0, 0.1) is 0 Å². The molecule has 0 aliphatic heterocycles. The quantitative estimate of drug-likeness (QED) is 0.851. The van der Waals surface area contributed by atoms with Crippen molar-refractivity contribution >= 4 is 28.4 Å². The average molecular weight is 333 g/mol. The van der Waals surface area contributed by atoms with Gasteiger partial charge in [-0.3, -0.25) is 4.79 Å². The Morgan fingerprint density at radius 3 is 2.68 bits per heavy atom. The van der Waals surface area contributed by atoms with Gasteiger partial charge in [-0.25, -0.2) is 0 Å². The van der Waals surface area contributed by atoms with Crippen molar-refractivity contribution in [3.8, 4) is 0 Å². The van der Waals surface area contributed by atoms with Crippen molar-refractivity contribution < 1.29 is 18.0 Å². The van der Waals surface area contributed by atoms with Crippen LogP contribution in [0.4, 0.5) is 13.2 Å². The van der Waals surface area contributed by atoms with E-state index < -0.39 is 18.6 Å². The lowest BCUT2D eigenvalue weighted by Gasteiger charge is -2.23. The van der Waals surface area contributed by atoms with E-state index in [9.17, 15) is 18.0 Å². The molecule has 0 aliphatic rings. The third kappa shape index (κ3) is 4.16. The summed E-state index contributed by atoms with van der Waals surface area (Å²) >= 11 is 5.86. The molecule has 0 unspecified atom stereocenters. The number of hydrogen-bond acceptors (Lipinski definition) is 1. The second-order valence-corrected chi connectivity index (χ2v) is 5.55. The fourth-order valence-electron chi connectivity index (χ4n) is 2.20. The van der Waals surface area contributed by atoms with Crippen molar-refractivity contribution in [1.29, 1.82) is 0 Å². The maximum atomic E-state index is 12.6. The number of fused-ring (bicyclic) bond motifs is 1. The number of hydrogen-bond donors (Lipinski definition) is 1. The number of nitrogens with zero attached hydrogens (tertiary/aromatic N) is 1. The summed E-state index contributed by atoms with van der Waals surface area (Å²) in [5.74, 6) is -0.655. The molecule has 1 N–H and O–H groups in total. The molecule has 0 saturated heterocycles. The van der Waals surface area contributed by atoms with Gasteiger partial charge in [0.1, 0.15) is 12.2 Å². The van der Waals surface area contributed by atoms with E-state index in [-0.39, 0.29) is 12.2 Å². The van der Waals surface area contributed by atoms with Gasteiger partial charge in [0.15, 0.2) is 0 Å². The minimum Gasteiger partial charge on any atom is -0.350 e. The highest BCUT2D eigenvalue weighted by Crippen LogP contribution is 2.22. The van der Waals surface area contributed by atoms with E-state index in [1.54, 1.807) is 24.3 Å². The first kappa shape index (κ1) is 16.7. The van der Waals surface area contributed by atoms with Crippen LogP contribution in [0.5, 0.6) is 0 Å². The van der Waals surface area contributed by atoms with Crippen molar-refractivity contribution in [3.05, 3.63) is 35.0 Å².